The molecule has 0 saturated carbocycles. The summed E-state index contributed by atoms with van der Waals surface area (Å²) in [4.78, 5) is 38.2. The fourth-order valence-electron chi connectivity index (χ4n) is 13.4. The van der Waals surface area contributed by atoms with Gasteiger partial charge >= 0.3 is 11.9 Å². The van der Waals surface area contributed by atoms with Gasteiger partial charge in [0.05, 0.1) is 27.7 Å². The number of nitrogens with zero attached hydrogens (tertiary/aromatic N) is 1. The van der Waals surface area contributed by atoms with Crippen molar-refractivity contribution in [1.29, 1.82) is 0 Å². The van der Waals surface area contributed by atoms with Crippen LogP contribution >= 0.6 is 7.82 Å². The zero-order chi connectivity index (χ0) is 72.5. The summed E-state index contributed by atoms with van der Waals surface area (Å²) in [5.74, 6) is -0.805. The zero-order valence-electron chi connectivity index (χ0n) is 67.4. The number of quaternary nitrogens is 1. The van der Waals surface area contributed by atoms with Crippen LogP contribution in [0.2, 0.25) is 0 Å². The second-order valence-electron chi connectivity index (χ2n) is 31.2. The highest BCUT2D eigenvalue weighted by Crippen LogP contribution is 2.38. The molecule has 0 amide bonds. The quantitative estimate of drug-likeness (QED) is 0.0195. The molecule has 0 radical (unpaired) electrons. The molecule has 588 valence electrons. The van der Waals surface area contributed by atoms with Crippen LogP contribution in [0.1, 0.15) is 450 Å². The largest absolute Gasteiger partial charge is 0.756 e. The van der Waals surface area contributed by atoms with E-state index in [1.165, 1.54) is 360 Å². The van der Waals surface area contributed by atoms with E-state index in [9.17, 15) is 19.0 Å². The number of carbonyl (C=O) groups excluding carboxylic acids is 2. The fraction of sp³-hybridized carbons (Fsp3) is 0.867. The number of likely N-dealkylation sites (N-methyl/N-ethyl adjacent to an activating group) is 1. The lowest BCUT2D eigenvalue weighted by Crippen LogP contribution is -2.37. The smallest absolute Gasteiger partial charge is 0.306 e. The van der Waals surface area contributed by atoms with Gasteiger partial charge in [0, 0.05) is 12.8 Å². The zero-order valence-corrected chi connectivity index (χ0v) is 68.3. The first-order valence-corrected chi connectivity index (χ1v) is 45.5. The predicted molar refractivity (Wildman–Crippen MR) is 434 cm³/mol. The molecule has 0 heterocycles. The van der Waals surface area contributed by atoms with Crippen LogP contribution in [-0.4, -0.2) is 70.0 Å². The molecular formula is C90H170NO8P. The van der Waals surface area contributed by atoms with Crippen LogP contribution in [0.15, 0.2) is 60.8 Å². The molecular weight excluding hydrogens is 1250 g/mol. The minimum absolute atomic E-state index is 0.0274. The SMILES string of the molecule is CC/C=C\C/C=C\C/C=C\C/C=C\CCCCCCCCCCCCCCCCCCCCCCCCCCCCCCC(=O)OC(COC(=O)CCCCCCCCCCCCCCCCCCCCCCCCC/C=C\CCCCCCCCCC)COP(=O)([O-])OCC[N+](C)(C)C. The molecule has 0 spiro atoms. The van der Waals surface area contributed by atoms with E-state index in [-0.39, 0.29) is 32.0 Å². The van der Waals surface area contributed by atoms with Crippen LogP contribution in [0.4, 0.5) is 0 Å². The third-order valence-corrected chi connectivity index (χ3v) is 21.0. The third kappa shape index (κ3) is 84.6. The fourth-order valence-corrected chi connectivity index (χ4v) is 14.1. The molecule has 0 aromatic carbocycles. The number of rotatable bonds is 83. The van der Waals surface area contributed by atoms with Crippen molar-refractivity contribution >= 4 is 19.8 Å². The van der Waals surface area contributed by atoms with E-state index in [2.05, 4.69) is 74.6 Å². The van der Waals surface area contributed by atoms with E-state index in [0.717, 1.165) is 57.8 Å². The summed E-state index contributed by atoms with van der Waals surface area (Å²) < 4.78 is 34.5. The molecule has 0 aliphatic carbocycles. The number of phosphoric acid groups is 1. The summed E-state index contributed by atoms with van der Waals surface area (Å²) in [5.41, 5.74) is 0. The van der Waals surface area contributed by atoms with E-state index >= 15 is 0 Å². The number of hydrogen-bond acceptors (Lipinski definition) is 8. The summed E-state index contributed by atoms with van der Waals surface area (Å²) in [6.45, 7) is 4.21. The van der Waals surface area contributed by atoms with Crippen molar-refractivity contribution in [3.05, 3.63) is 60.8 Å². The maximum absolute atomic E-state index is 12.9. The molecule has 0 aliphatic heterocycles. The topological polar surface area (TPSA) is 111 Å². The summed E-state index contributed by atoms with van der Waals surface area (Å²) in [7, 11) is 1.19. The Morgan fingerprint density at radius 3 is 0.860 bits per heavy atom. The first-order chi connectivity index (χ1) is 49.0. The molecule has 10 heteroatoms. The maximum atomic E-state index is 12.9. The van der Waals surface area contributed by atoms with Gasteiger partial charge in [-0.2, -0.15) is 0 Å². The standard InChI is InChI=1S/C90H170NO8P/c1-6-8-10-12-14-16-18-20-22-24-26-28-30-32-34-36-38-40-42-43-44-45-46-47-49-51-53-55-57-59-61-63-65-67-69-71-73-75-77-79-81-83-90(93)99-88(87-98-100(94,95)97-85-84-91(3,4)5)86-96-89(92)82-80-78-76-74-72-70-68-66-64-62-60-58-56-54-52-50-48-41-39-37-35-33-31-29-27-25-23-21-19-17-15-13-11-9-7-2/h8,10,14,16,20,22,25-28,88H,6-7,9,11-13,15,17-19,21,23-24,29-87H2,1-5H3/b10-8-,16-14-,22-20-,27-25-,28-26-. The Hall–Kier alpha value is -2.29. The van der Waals surface area contributed by atoms with E-state index in [4.69, 9.17) is 18.5 Å². The van der Waals surface area contributed by atoms with Crippen LogP contribution in [-0.2, 0) is 32.7 Å². The first-order valence-electron chi connectivity index (χ1n) is 44.0. The highest BCUT2D eigenvalue weighted by Gasteiger charge is 2.22. The highest BCUT2D eigenvalue weighted by atomic mass is 31.2. The van der Waals surface area contributed by atoms with E-state index < -0.39 is 26.5 Å². The Balaban J connectivity index is 3.84. The minimum atomic E-state index is -4.65. The van der Waals surface area contributed by atoms with Crippen LogP contribution in [0.5, 0.6) is 0 Å². The van der Waals surface area contributed by atoms with Gasteiger partial charge in [0.25, 0.3) is 7.82 Å². The molecule has 2 unspecified atom stereocenters. The molecule has 2 atom stereocenters. The molecule has 0 aliphatic rings. The average Bonchev–Trinajstić information content (AvgIpc) is 1.30. The lowest BCUT2D eigenvalue weighted by Gasteiger charge is -2.28. The second-order valence-corrected chi connectivity index (χ2v) is 32.6. The van der Waals surface area contributed by atoms with Crippen molar-refractivity contribution in [3.63, 3.8) is 0 Å². The number of allylic oxidation sites excluding steroid dienone is 10. The van der Waals surface area contributed by atoms with Gasteiger partial charge < -0.3 is 27.9 Å². The molecule has 0 N–H and O–H groups in total. The van der Waals surface area contributed by atoms with E-state index in [1.807, 2.05) is 21.1 Å². The number of phosphoric ester groups is 1. The van der Waals surface area contributed by atoms with Crippen molar-refractivity contribution in [2.45, 2.75) is 457 Å². The van der Waals surface area contributed by atoms with Crippen molar-refractivity contribution in [2.24, 2.45) is 0 Å². The number of ether oxygens (including phenoxy) is 2. The van der Waals surface area contributed by atoms with E-state index in [0.29, 0.717) is 17.4 Å². The van der Waals surface area contributed by atoms with Crippen molar-refractivity contribution in [3.8, 4) is 0 Å². The average molecular weight is 1430 g/mol. The second kappa shape index (κ2) is 80.8. The van der Waals surface area contributed by atoms with Crippen LogP contribution in [0.3, 0.4) is 0 Å². The van der Waals surface area contributed by atoms with Gasteiger partial charge in [0.2, 0.25) is 0 Å². The molecule has 0 bridgehead atoms. The predicted octanol–water partition coefficient (Wildman–Crippen LogP) is 29.0. The lowest BCUT2D eigenvalue weighted by molar-refractivity contribution is -0.870. The Bertz CT molecular complexity index is 1870. The van der Waals surface area contributed by atoms with Crippen molar-refractivity contribution in [1.82, 2.24) is 0 Å². The number of esters is 2. The summed E-state index contributed by atoms with van der Waals surface area (Å²) in [6.07, 6.45) is 110. The van der Waals surface area contributed by atoms with Crippen molar-refractivity contribution in [2.75, 3.05) is 47.5 Å². The Labute approximate surface area is 623 Å². The molecule has 0 aromatic rings. The Morgan fingerprint density at radius 2 is 0.570 bits per heavy atom. The van der Waals surface area contributed by atoms with Gasteiger partial charge in [-0.25, -0.2) is 0 Å². The van der Waals surface area contributed by atoms with Gasteiger partial charge in [0.15, 0.2) is 6.10 Å². The number of hydrogen-bond donors (Lipinski definition) is 0. The normalized spacial score (nSPS) is 13.2. The van der Waals surface area contributed by atoms with Gasteiger partial charge in [-0.3, -0.25) is 14.2 Å². The third-order valence-electron chi connectivity index (χ3n) is 20.0. The summed E-state index contributed by atoms with van der Waals surface area (Å²) in [5, 5.41) is 0. The molecule has 0 aromatic heterocycles. The van der Waals surface area contributed by atoms with Gasteiger partial charge in [-0.15, -0.1) is 0 Å². The van der Waals surface area contributed by atoms with Gasteiger partial charge in [-0.1, -0.05) is 421 Å². The van der Waals surface area contributed by atoms with E-state index in [1.54, 1.807) is 0 Å². The lowest BCUT2D eigenvalue weighted by atomic mass is 10.0. The van der Waals surface area contributed by atoms with Gasteiger partial charge in [0.1, 0.15) is 19.8 Å². The molecule has 0 rings (SSSR count). The van der Waals surface area contributed by atoms with Gasteiger partial charge in [-0.05, 0) is 77.0 Å². The first kappa shape index (κ1) is 97.7. The molecule has 0 fully saturated rings. The highest BCUT2D eigenvalue weighted by molar-refractivity contribution is 7.45. The van der Waals surface area contributed by atoms with Crippen LogP contribution in [0.25, 0.3) is 0 Å². The van der Waals surface area contributed by atoms with Crippen molar-refractivity contribution < 1.29 is 42.1 Å². The van der Waals surface area contributed by atoms with Crippen LogP contribution in [0, 0.1) is 0 Å². The molecule has 0 saturated heterocycles. The molecule has 100 heavy (non-hydrogen) atoms. The number of carbonyl (C=O) groups is 2. The summed E-state index contributed by atoms with van der Waals surface area (Å²) in [6, 6.07) is 0. The Kier molecular flexibility index (Phi) is 78.9. The number of unbranched alkanes of at least 4 members (excludes halogenated alkanes) is 59. The summed E-state index contributed by atoms with van der Waals surface area (Å²) >= 11 is 0. The monoisotopic (exact) mass is 1420 g/mol. The van der Waals surface area contributed by atoms with Crippen LogP contribution < -0.4 is 4.89 Å². The minimum Gasteiger partial charge on any atom is -0.756 e. The Morgan fingerprint density at radius 1 is 0.320 bits per heavy atom. The maximum Gasteiger partial charge on any atom is 0.306 e. The molecule has 9 nitrogen and oxygen atoms in total.